The number of hydrogen-bond acceptors (Lipinski definition) is 4. The topological polar surface area (TPSA) is 51.2 Å². The monoisotopic (exact) mass is 356 g/mol. The van der Waals surface area contributed by atoms with Crippen LogP contribution >= 0.6 is 0 Å². The first-order valence-electron chi connectivity index (χ1n) is 8.77. The molecule has 0 N–H and O–H groups in total. The van der Waals surface area contributed by atoms with E-state index in [4.69, 9.17) is 9.72 Å². The van der Waals surface area contributed by atoms with Crippen molar-refractivity contribution in [3.05, 3.63) is 78.0 Å². The number of benzene rings is 2. The lowest BCUT2D eigenvalue weighted by Gasteiger charge is -2.04. The Labute approximate surface area is 158 Å². The van der Waals surface area contributed by atoms with Gasteiger partial charge in [-0.1, -0.05) is 36.4 Å². The molecular formula is C22H20N4O. The number of fused-ring (bicyclic) bond motifs is 1. The SMILES string of the molecule is COc1cccc(-c2nc3ccccn3c2N=Nc2c(C)cccc2C)c1. The van der Waals surface area contributed by atoms with E-state index in [0.717, 1.165) is 39.5 Å². The van der Waals surface area contributed by atoms with Crippen molar-refractivity contribution in [2.24, 2.45) is 10.2 Å². The molecule has 0 aliphatic carbocycles. The fourth-order valence-corrected chi connectivity index (χ4v) is 3.10. The van der Waals surface area contributed by atoms with Crippen molar-refractivity contribution < 1.29 is 4.74 Å². The molecule has 134 valence electrons. The van der Waals surface area contributed by atoms with Crippen LogP contribution in [-0.4, -0.2) is 16.5 Å². The van der Waals surface area contributed by atoms with Crippen LogP contribution in [0.4, 0.5) is 11.5 Å². The summed E-state index contributed by atoms with van der Waals surface area (Å²) in [6, 6.07) is 19.8. The third-order valence-corrected chi connectivity index (χ3v) is 4.53. The van der Waals surface area contributed by atoms with Crippen molar-refractivity contribution in [1.29, 1.82) is 0 Å². The van der Waals surface area contributed by atoms with Crippen molar-refractivity contribution in [2.45, 2.75) is 13.8 Å². The third kappa shape index (κ3) is 3.19. The van der Waals surface area contributed by atoms with Crippen LogP contribution in [0.5, 0.6) is 5.75 Å². The molecule has 0 aliphatic heterocycles. The molecule has 5 heteroatoms. The molecule has 4 rings (SSSR count). The van der Waals surface area contributed by atoms with Gasteiger partial charge in [0.2, 0.25) is 0 Å². The van der Waals surface area contributed by atoms with Crippen molar-refractivity contribution in [1.82, 2.24) is 9.38 Å². The van der Waals surface area contributed by atoms with Gasteiger partial charge in [-0.15, -0.1) is 10.2 Å². The number of azo groups is 1. The van der Waals surface area contributed by atoms with Crippen molar-refractivity contribution in [2.75, 3.05) is 7.11 Å². The largest absolute Gasteiger partial charge is 0.497 e. The molecule has 0 amide bonds. The second-order valence-electron chi connectivity index (χ2n) is 6.39. The molecule has 0 atom stereocenters. The molecule has 0 aliphatic rings. The lowest BCUT2D eigenvalue weighted by molar-refractivity contribution is 0.415. The average molecular weight is 356 g/mol. The fourth-order valence-electron chi connectivity index (χ4n) is 3.10. The second kappa shape index (κ2) is 7.03. The van der Waals surface area contributed by atoms with E-state index in [2.05, 4.69) is 10.2 Å². The number of methoxy groups -OCH3 is 1. The molecule has 0 radical (unpaired) electrons. The summed E-state index contributed by atoms with van der Waals surface area (Å²) in [5, 5.41) is 9.16. The van der Waals surface area contributed by atoms with Gasteiger partial charge in [0.1, 0.15) is 17.1 Å². The molecule has 0 saturated heterocycles. The summed E-state index contributed by atoms with van der Waals surface area (Å²) in [5.74, 6) is 1.48. The summed E-state index contributed by atoms with van der Waals surface area (Å²) in [7, 11) is 1.66. The molecule has 0 fully saturated rings. The normalized spacial score (nSPS) is 11.4. The number of aryl methyl sites for hydroxylation is 2. The smallest absolute Gasteiger partial charge is 0.187 e. The van der Waals surface area contributed by atoms with Crippen molar-refractivity contribution in [3.63, 3.8) is 0 Å². The minimum atomic E-state index is 0.696. The lowest BCUT2D eigenvalue weighted by Crippen LogP contribution is -1.85. The summed E-state index contributed by atoms with van der Waals surface area (Å²) in [4.78, 5) is 4.77. The van der Waals surface area contributed by atoms with E-state index in [0.29, 0.717) is 5.82 Å². The lowest BCUT2D eigenvalue weighted by atomic mass is 10.1. The first-order valence-corrected chi connectivity index (χ1v) is 8.77. The maximum atomic E-state index is 5.36. The number of aromatic nitrogens is 2. The van der Waals surface area contributed by atoms with Crippen LogP contribution in [0.25, 0.3) is 16.9 Å². The number of nitrogens with zero attached hydrogens (tertiary/aromatic N) is 4. The van der Waals surface area contributed by atoms with E-state index in [9.17, 15) is 0 Å². The van der Waals surface area contributed by atoms with Gasteiger partial charge in [0, 0.05) is 11.8 Å². The maximum Gasteiger partial charge on any atom is 0.187 e. The van der Waals surface area contributed by atoms with E-state index < -0.39 is 0 Å². The number of imidazole rings is 1. The second-order valence-corrected chi connectivity index (χ2v) is 6.39. The first kappa shape index (κ1) is 17.0. The van der Waals surface area contributed by atoms with E-state index in [1.54, 1.807) is 7.11 Å². The Morgan fingerprint density at radius 3 is 2.44 bits per heavy atom. The summed E-state index contributed by atoms with van der Waals surface area (Å²) in [5.41, 5.74) is 5.61. The Morgan fingerprint density at radius 1 is 0.889 bits per heavy atom. The van der Waals surface area contributed by atoms with Crippen LogP contribution in [0.15, 0.2) is 77.1 Å². The highest BCUT2D eigenvalue weighted by molar-refractivity contribution is 5.75. The summed E-state index contributed by atoms with van der Waals surface area (Å²) in [6.45, 7) is 4.08. The maximum absolute atomic E-state index is 5.36. The quantitative estimate of drug-likeness (QED) is 0.418. The highest BCUT2D eigenvalue weighted by Crippen LogP contribution is 2.34. The number of pyridine rings is 1. The predicted molar refractivity (Wildman–Crippen MR) is 107 cm³/mol. The molecule has 2 aromatic carbocycles. The summed E-state index contributed by atoms with van der Waals surface area (Å²) in [6.07, 6.45) is 1.95. The van der Waals surface area contributed by atoms with Crippen LogP contribution in [-0.2, 0) is 0 Å². The molecule has 2 aromatic heterocycles. The molecular weight excluding hydrogens is 336 g/mol. The molecule has 4 aromatic rings. The fraction of sp³-hybridized carbons (Fsp3) is 0.136. The van der Waals surface area contributed by atoms with E-state index in [1.165, 1.54) is 0 Å². The molecule has 0 spiro atoms. The van der Waals surface area contributed by atoms with Gasteiger partial charge in [0.15, 0.2) is 5.82 Å². The minimum Gasteiger partial charge on any atom is -0.497 e. The van der Waals surface area contributed by atoms with Gasteiger partial charge in [-0.25, -0.2) is 4.98 Å². The van der Waals surface area contributed by atoms with Gasteiger partial charge in [-0.3, -0.25) is 4.40 Å². The highest BCUT2D eigenvalue weighted by Gasteiger charge is 2.14. The van der Waals surface area contributed by atoms with Crippen LogP contribution in [0.2, 0.25) is 0 Å². The number of hydrogen-bond donors (Lipinski definition) is 0. The van der Waals surface area contributed by atoms with E-state index >= 15 is 0 Å². The minimum absolute atomic E-state index is 0.696. The average Bonchev–Trinajstić information content (AvgIpc) is 3.06. The zero-order valence-corrected chi connectivity index (χ0v) is 15.5. The molecule has 0 saturated carbocycles. The van der Waals surface area contributed by atoms with Crippen LogP contribution in [0.3, 0.4) is 0 Å². The van der Waals surface area contributed by atoms with Gasteiger partial charge in [-0.2, -0.15) is 0 Å². The first-order chi connectivity index (χ1) is 13.2. The van der Waals surface area contributed by atoms with Crippen molar-refractivity contribution in [3.8, 4) is 17.0 Å². The number of ether oxygens (including phenoxy) is 1. The van der Waals surface area contributed by atoms with Gasteiger partial charge in [0.25, 0.3) is 0 Å². The molecule has 0 unspecified atom stereocenters. The zero-order valence-electron chi connectivity index (χ0n) is 15.5. The van der Waals surface area contributed by atoms with Crippen LogP contribution < -0.4 is 4.74 Å². The zero-order chi connectivity index (χ0) is 18.8. The highest BCUT2D eigenvalue weighted by atomic mass is 16.5. The molecule has 5 nitrogen and oxygen atoms in total. The molecule has 0 bridgehead atoms. The standard InChI is InChI=1S/C22H20N4O/c1-15-8-6-9-16(2)20(15)24-25-22-21(17-10-7-11-18(14-17)27-3)23-19-12-4-5-13-26(19)22/h4-14H,1-3H3. The van der Waals surface area contributed by atoms with Gasteiger partial charge in [0.05, 0.1) is 12.8 Å². The number of rotatable bonds is 4. The molecule has 27 heavy (non-hydrogen) atoms. The Bertz CT molecular complexity index is 1120. The van der Waals surface area contributed by atoms with E-state index in [1.807, 2.05) is 85.1 Å². The van der Waals surface area contributed by atoms with Gasteiger partial charge >= 0.3 is 0 Å². The Hall–Kier alpha value is -3.47. The van der Waals surface area contributed by atoms with Gasteiger partial charge in [-0.05, 0) is 49.2 Å². The third-order valence-electron chi connectivity index (χ3n) is 4.53. The Morgan fingerprint density at radius 2 is 1.67 bits per heavy atom. The van der Waals surface area contributed by atoms with Gasteiger partial charge < -0.3 is 4.74 Å². The van der Waals surface area contributed by atoms with E-state index in [-0.39, 0.29) is 0 Å². The summed E-state index contributed by atoms with van der Waals surface area (Å²) >= 11 is 0. The Balaban J connectivity index is 1.90. The Kier molecular flexibility index (Phi) is 4.42. The summed E-state index contributed by atoms with van der Waals surface area (Å²) < 4.78 is 7.31. The predicted octanol–water partition coefficient (Wildman–Crippen LogP) is 6.04. The van der Waals surface area contributed by atoms with Crippen molar-refractivity contribution >= 4 is 17.2 Å². The van der Waals surface area contributed by atoms with Crippen LogP contribution in [0, 0.1) is 13.8 Å². The molecule has 2 heterocycles. The van der Waals surface area contributed by atoms with Crippen LogP contribution in [0.1, 0.15) is 11.1 Å².